The molecule has 1 fully saturated rings. The van der Waals surface area contributed by atoms with Crippen molar-refractivity contribution >= 4 is 0 Å². The van der Waals surface area contributed by atoms with Crippen LogP contribution in [0.3, 0.4) is 0 Å². The molecular weight excluding hydrogens is 260 g/mol. The smallest absolute Gasteiger partial charge is 0.0876 e. The molecule has 0 spiro atoms. The molecule has 1 saturated carbocycles. The monoisotopic (exact) mass is 294 g/mol. The predicted molar refractivity (Wildman–Crippen MR) is 89.4 cm³/mol. The fraction of sp³-hybridized carbons (Fsp3) is 0.889. The molecule has 2 aliphatic rings. The topological polar surface area (TPSA) is 24.5 Å². The summed E-state index contributed by atoms with van der Waals surface area (Å²) in [6, 6.07) is 0.445. The minimum Gasteiger partial charge on any atom is -0.501 e. The standard InChI is InChI=1S/C18H34N2O/c1-5-12-19-17(16-7-6-13-21-14-16)18(20(3)4)10-8-15(2)9-11-18/h14-15,17,19H,5-13H2,1-4H3. The molecule has 3 nitrogen and oxygen atoms in total. The highest BCUT2D eigenvalue weighted by Crippen LogP contribution is 2.41. The summed E-state index contributed by atoms with van der Waals surface area (Å²) in [5.74, 6) is 0.876. The Morgan fingerprint density at radius 2 is 2.10 bits per heavy atom. The van der Waals surface area contributed by atoms with Crippen LogP contribution in [-0.4, -0.2) is 43.7 Å². The van der Waals surface area contributed by atoms with Crippen molar-refractivity contribution in [1.29, 1.82) is 0 Å². The second-order valence-corrected chi connectivity index (χ2v) is 7.23. The summed E-state index contributed by atoms with van der Waals surface area (Å²) in [7, 11) is 4.53. The van der Waals surface area contributed by atoms with Gasteiger partial charge in [-0.05, 0) is 77.1 Å². The van der Waals surface area contributed by atoms with Gasteiger partial charge in [-0.2, -0.15) is 0 Å². The number of rotatable bonds is 6. The zero-order valence-electron chi connectivity index (χ0n) is 14.5. The molecule has 1 N–H and O–H groups in total. The second-order valence-electron chi connectivity index (χ2n) is 7.23. The molecule has 1 aliphatic carbocycles. The van der Waals surface area contributed by atoms with Crippen LogP contribution >= 0.6 is 0 Å². The third-order valence-corrected chi connectivity index (χ3v) is 5.50. The Morgan fingerprint density at radius 1 is 1.38 bits per heavy atom. The van der Waals surface area contributed by atoms with E-state index in [2.05, 4.69) is 44.4 Å². The molecule has 0 aromatic heterocycles. The molecule has 122 valence electrons. The normalized spacial score (nSPS) is 31.7. The van der Waals surface area contributed by atoms with E-state index < -0.39 is 0 Å². The van der Waals surface area contributed by atoms with Gasteiger partial charge in [-0.3, -0.25) is 0 Å². The number of nitrogens with zero attached hydrogens (tertiary/aromatic N) is 1. The highest BCUT2D eigenvalue weighted by atomic mass is 16.5. The van der Waals surface area contributed by atoms with Crippen LogP contribution in [0.25, 0.3) is 0 Å². The minimum absolute atomic E-state index is 0.258. The van der Waals surface area contributed by atoms with Crippen molar-refractivity contribution in [2.24, 2.45) is 5.92 Å². The number of nitrogens with one attached hydrogen (secondary N) is 1. The molecule has 0 aromatic carbocycles. The van der Waals surface area contributed by atoms with Gasteiger partial charge in [-0.1, -0.05) is 13.8 Å². The third kappa shape index (κ3) is 3.81. The van der Waals surface area contributed by atoms with Crippen molar-refractivity contribution in [3.8, 4) is 0 Å². The lowest BCUT2D eigenvalue weighted by atomic mass is 9.69. The highest BCUT2D eigenvalue weighted by molar-refractivity contribution is 5.20. The maximum atomic E-state index is 5.66. The minimum atomic E-state index is 0.258. The summed E-state index contributed by atoms with van der Waals surface area (Å²) in [6.07, 6.45) is 10.9. The summed E-state index contributed by atoms with van der Waals surface area (Å²) in [4.78, 5) is 2.49. The first-order chi connectivity index (χ1) is 10.1. The molecule has 0 saturated heterocycles. The largest absolute Gasteiger partial charge is 0.501 e. The van der Waals surface area contributed by atoms with E-state index in [-0.39, 0.29) is 5.54 Å². The van der Waals surface area contributed by atoms with Gasteiger partial charge in [-0.25, -0.2) is 0 Å². The zero-order valence-corrected chi connectivity index (χ0v) is 14.5. The second kappa shape index (κ2) is 7.64. The van der Waals surface area contributed by atoms with Gasteiger partial charge in [0.15, 0.2) is 0 Å². The van der Waals surface area contributed by atoms with E-state index in [4.69, 9.17) is 4.74 Å². The molecule has 0 aromatic rings. The fourth-order valence-electron chi connectivity index (χ4n) is 4.01. The average molecular weight is 294 g/mol. The lowest BCUT2D eigenvalue weighted by molar-refractivity contribution is 0.0507. The SMILES string of the molecule is CCCNC(C1=COCCC1)C1(N(C)C)CCC(C)CC1. The van der Waals surface area contributed by atoms with Crippen molar-refractivity contribution in [1.82, 2.24) is 10.2 Å². The van der Waals surface area contributed by atoms with Crippen LogP contribution in [0, 0.1) is 5.92 Å². The molecule has 2 rings (SSSR count). The van der Waals surface area contributed by atoms with Gasteiger partial charge in [-0.15, -0.1) is 0 Å². The predicted octanol–water partition coefficient (Wildman–Crippen LogP) is 3.56. The van der Waals surface area contributed by atoms with Crippen LogP contribution in [0.15, 0.2) is 11.8 Å². The van der Waals surface area contributed by atoms with Gasteiger partial charge in [0.05, 0.1) is 12.9 Å². The molecule has 0 amide bonds. The van der Waals surface area contributed by atoms with Crippen molar-refractivity contribution in [2.75, 3.05) is 27.2 Å². The van der Waals surface area contributed by atoms with Crippen molar-refractivity contribution in [3.63, 3.8) is 0 Å². The van der Waals surface area contributed by atoms with Gasteiger partial charge in [0.1, 0.15) is 0 Å². The first-order valence-electron chi connectivity index (χ1n) is 8.81. The van der Waals surface area contributed by atoms with E-state index >= 15 is 0 Å². The molecule has 1 heterocycles. The summed E-state index contributed by atoms with van der Waals surface area (Å²) < 4.78 is 5.66. The van der Waals surface area contributed by atoms with Crippen LogP contribution in [0.1, 0.15) is 58.8 Å². The number of ether oxygens (including phenoxy) is 1. The summed E-state index contributed by atoms with van der Waals surface area (Å²) in [5.41, 5.74) is 1.74. The Hall–Kier alpha value is -0.540. The molecule has 0 radical (unpaired) electrons. The van der Waals surface area contributed by atoms with Gasteiger partial charge >= 0.3 is 0 Å². The Kier molecular flexibility index (Phi) is 6.12. The molecule has 1 aliphatic heterocycles. The average Bonchev–Trinajstić information content (AvgIpc) is 2.50. The van der Waals surface area contributed by atoms with Gasteiger partial charge in [0.25, 0.3) is 0 Å². The fourth-order valence-corrected chi connectivity index (χ4v) is 4.01. The number of hydrogen-bond acceptors (Lipinski definition) is 3. The Morgan fingerprint density at radius 3 is 2.62 bits per heavy atom. The summed E-state index contributed by atoms with van der Waals surface area (Å²) >= 11 is 0. The lowest BCUT2D eigenvalue weighted by Gasteiger charge is -2.51. The van der Waals surface area contributed by atoms with Crippen molar-refractivity contribution in [3.05, 3.63) is 11.8 Å². The van der Waals surface area contributed by atoms with E-state index in [9.17, 15) is 0 Å². The van der Waals surface area contributed by atoms with Gasteiger partial charge in [0.2, 0.25) is 0 Å². The summed E-state index contributed by atoms with van der Waals surface area (Å²) in [5, 5.41) is 3.86. The van der Waals surface area contributed by atoms with Crippen molar-refractivity contribution < 1.29 is 4.74 Å². The van der Waals surface area contributed by atoms with Crippen LogP contribution in [0.2, 0.25) is 0 Å². The maximum Gasteiger partial charge on any atom is 0.0876 e. The molecule has 1 unspecified atom stereocenters. The van der Waals surface area contributed by atoms with E-state index in [0.717, 1.165) is 25.5 Å². The van der Waals surface area contributed by atoms with Gasteiger partial charge in [0, 0.05) is 11.6 Å². The van der Waals surface area contributed by atoms with Crippen LogP contribution in [0.4, 0.5) is 0 Å². The molecule has 3 heteroatoms. The maximum absolute atomic E-state index is 5.66. The number of hydrogen-bond donors (Lipinski definition) is 1. The number of likely N-dealkylation sites (N-methyl/N-ethyl adjacent to an activating group) is 1. The molecule has 0 bridgehead atoms. The van der Waals surface area contributed by atoms with E-state index in [1.165, 1.54) is 44.1 Å². The molecule has 1 atom stereocenters. The van der Waals surface area contributed by atoms with E-state index in [1.807, 2.05) is 0 Å². The Bertz CT molecular complexity index is 343. The Labute approximate surface area is 131 Å². The molecular formula is C18H34N2O. The van der Waals surface area contributed by atoms with Crippen LogP contribution < -0.4 is 5.32 Å². The third-order valence-electron chi connectivity index (χ3n) is 5.50. The zero-order chi connectivity index (χ0) is 15.3. The first-order valence-corrected chi connectivity index (χ1v) is 8.81. The first kappa shape index (κ1) is 16.8. The van der Waals surface area contributed by atoms with Crippen molar-refractivity contribution in [2.45, 2.75) is 70.4 Å². The van der Waals surface area contributed by atoms with E-state index in [0.29, 0.717) is 6.04 Å². The summed E-state index contributed by atoms with van der Waals surface area (Å²) in [6.45, 7) is 6.63. The Balaban J connectivity index is 2.24. The highest BCUT2D eigenvalue weighted by Gasteiger charge is 2.44. The molecule has 21 heavy (non-hydrogen) atoms. The van der Waals surface area contributed by atoms with Gasteiger partial charge < -0.3 is 15.0 Å². The van der Waals surface area contributed by atoms with Crippen LogP contribution in [-0.2, 0) is 4.74 Å². The van der Waals surface area contributed by atoms with Crippen LogP contribution in [0.5, 0.6) is 0 Å². The quantitative estimate of drug-likeness (QED) is 0.810. The lowest BCUT2D eigenvalue weighted by Crippen LogP contribution is -2.61. The van der Waals surface area contributed by atoms with E-state index in [1.54, 1.807) is 0 Å².